The number of carbonyl (C=O) groups excluding carboxylic acids is 3. The maximum absolute atomic E-state index is 12.2. The van der Waals surface area contributed by atoms with E-state index in [2.05, 4.69) is 0 Å². The first-order valence-electron chi connectivity index (χ1n) is 7.39. The van der Waals surface area contributed by atoms with Crippen molar-refractivity contribution in [3.63, 3.8) is 0 Å². The van der Waals surface area contributed by atoms with Gasteiger partial charge in [0.1, 0.15) is 0 Å². The molecular weight excluding hydrogens is 258 g/mol. The van der Waals surface area contributed by atoms with Crippen LogP contribution in [-0.4, -0.2) is 72.2 Å². The Morgan fingerprint density at radius 1 is 1.05 bits per heavy atom. The highest BCUT2D eigenvalue weighted by Gasteiger charge is 2.31. The van der Waals surface area contributed by atoms with Crippen molar-refractivity contribution in [2.24, 2.45) is 0 Å². The molecule has 112 valence electrons. The molecule has 0 N–H and O–H groups in total. The predicted molar refractivity (Wildman–Crippen MR) is 73.9 cm³/mol. The monoisotopic (exact) mass is 281 g/mol. The summed E-state index contributed by atoms with van der Waals surface area (Å²) in [7, 11) is 1.73. The summed E-state index contributed by atoms with van der Waals surface area (Å²) in [5, 5.41) is 0. The summed E-state index contributed by atoms with van der Waals surface area (Å²) in [5.41, 5.74) is 0. The van der Waals surface area contributed by atoms with Crippen LogP contribution in [0.25, 0.3) is 0 Å². The smallest absolute Gasteiger partial charge is 0.312 e. The Kier molecular flexibility index (Phi) is 4.98. The van der Waals surface area contributed by atoms with E-state index >= 15 is 0 Å². The Hall–Kier alpha value is -1.59. The molecule has 0 aromatic heterocycles. The molecule has 0 spiro atoms. The zero-order chi connectivity index (χ0) is 14.5. The molecule has 2 fully saturated rings. The van der Waals surface area contributed by atoms with E-state index in [-0.39, 0.29) is 6.04 Å². The van der Waals surface area contributed by atoms with Crippen molar-refractivity contribution < 1.29 is 14.4 Å². The van der Waals surface area contributed by atoms with E-state index in [0.29, 0.717) is 26.2 Å². The van der Waals surface area contributed by atoms with Crippen LogP contribution in [0.1, 0.15) is 32.1 Å². The molecule has 0 radical (unpaired) electrons. The molecule has 0 bridgehead atoms. The number of carbonyl (C=O) groups is 3. The lowest BCUT2D eigenvalue weighted by molar-refractivity contribution is -0.153. The minimum absolute atomic E-state index is 0.205. The number of hydrogen-bond donors (Lipinski definition) is 0. The van der Waals surface area contributed by atoms with Gasteiger partial charge in [0, 0.05) is 39.3 Å². The second kappa shape index (κ2) is 6.72. The lowest BCUT2D eigenvalue weighted by Crippen LogP contribution is -2.53. The SMILES string of the molecule is CN(C(=O)C(=O)N1CCN(C=O)CC1)C1CCCCC1. The number of piperazine rings is 1. The van der Waals surface area contributed by atoms with Crippen molar-refractivity contribution in [2.75, 3.05) is 33.2 Å². The first kappa shape index (κ1) is 14.8. The minimum atomic E-state index is -0.427. The fourth-order valence-corrected chi connectivity index (χ4v) is 2.95. The van der Waals surface area contributed by atoms with Gasteiger partial charge in [-0.3, -0.25) is 14.4 Å². The molecule has 3 amide bonds. The van der Waals surface area contributed by atoms with Crippen molar-refractivity contribution in [3.05, 3.63) is 0 Å². The zero-order valence-electron chi connectivity index (χ0n) is 12.1. The summed E-state index contributed by atoms with van der Waals surface area (Å²) in [4.78, 5) is 39.9. The maximum atomic E-state index is 12.2. The number of hydrogen-bond acceptors (Lipinski definition) is 3. The van der Waals surface area contributed by atoms with Gasteiger partial charge in [-0.05, 0) is 12.8 Å². The molecule has 6 heteroatoms. The molecule has 2 rings (SSSR count). The lowest BCUT2D eigenvalue weighted by atomic mass is 9.94. The van der Waals surface area contributed by atoms with Gasteiger partial charge in [0.2, 0.25) is 6.41 Å². The number of likely N-dealkylation sites (N-methyl/N-ethyl adjacent to an activating group) is 1. The molecular formula is C14H23N3O3. The summed E-state index contributed by atoms with van der Waals surface area (Å²) in [6.45, 7) is 1.91. The molecule has 2 aliphatic rings. The van der Waals surface area contributed by atoms with Crippen molar-refractivity contribution in [3.8, 4) is 0 Å². The molecule has 0 aromatic carbocycles. The van der Waals surface area contributed by atoms with Crippen LogP contribution in [0.5, 0.6) is 0 Å². The van der Waals surface area contributed by atoms with Crippen LogP contribution >= 0.6 is 0 Å². The third-order valence-corrected chi connectivity index (χ3v) is 4.38. The van der Waals surface area contributed by atoms with Crippen LogP contribution in [0.3, 0.4) is 0 Å². The second-order valence-electron chi connectivity index (χ2n) is 5.64. The van der Waals surface area contributed by atoms with E-state index < -0.39 is 11.8 Å². The normalized spacial score (nSPS) is 20.6. The van der Waals surface area contributed by atoms with Crippen LogP contribution < -0.4 is 0 Å². The molecule has 0 unspecified atom stereocenters. The van der Waals surface area contributed by atoms with E-state index in [1.807, 2.05) is 0 Å². The van der Waals surface area contributed by atoms with E-state index in [0.717, 1.165) is 32.1 Å². The van der Waals surface area contributed by atoms with Gasteiger partial charge in [0.05, 0.1) is 0 Å². The highest BCUT2D eigenvalue weighted by atomic mass is 16.2. The molecule has 20 heavy (non-hydrogen) atoms. The molecule has 1 aliphatic heterocycles. The molecule has 1 aliphatic carbocycles. The van der Waals surface area contributed by atoms with E-state index in [1.165, 1.54) is 6.42 Å². The van der Waals surface area contributed by atoms with Crippen LogP contribution in [-0.2, 0) is 14.4 Å². The van der Waals surface area contributed by atoms with E-state index in [4.69, 9.17) is 0 Å². The van der Waals surface area contributed by atoms with Crippen LogP contribution in [0.15, 0.2) is 0 Å². The fraction of sp³-hybridized carbons (Fsp3) is 0.786. The molecule has 1 saturated carbocycles. The lowest BCUT2D eigenvalue weighted by Gasteiger charge is -2.35. The quantitative estimate of drug-likeness (QED) is 0.532. The van der Waals surface area contributed by atoms with Gasteiger partial charge < -0.3 is 14.7 Å². The van der Waals surface area contributed by atoms with Crippen molar-refractivity contribution in [1.82, 2.24) is 14.7 Å². The first-order chi connectivity index (χ1) is 9.63. The fourth-order valence-electron chi connectivity index (χ4n) is 2.95. The molecule has 1 saturated heterocycles. The highest BCUT2D eigenvalue weighted by Crippen LogP contribution is 2.21. The van der Waals surface area contributed by atoms with E-state index in [1.54, 1.807) is 21.7 Å². The Bertz CT molecular complexity index is 372. The average molecular weight is 281 g/mol. The van der Waals surface area contributed by atoms with Crippen LogP contribution in [0.2, 0.25) is 0 Å². The van der Waals surface area contributed by atoms with Gasteiger partial charge in [-0.15, -0.1) is 0 Å². The van der Waals surface area contributed by atoms with E-state index in [9.17, 15) is 14.4 Å². The summed E-state index contributed by atoms with van der Waals surface area (Å²) < 4.78 is 0. The largest absolute Gasteiger partial charge is 0.342 e. The summed E-state index contributed by atoms with van der Waals surface area (Å²) in [5.74, 6) is -0.833. The third kappa shape index (κ3) is 3.29. The zero-order valence-corrected chi connectivity index (χ0v) is 12.1. The Labute approximate surface area is 119 Å². The molecule has 0 atom stereocenters. The predicted octanol–water partition coefficient (Wildman–Crippen LogP) is 0.0781. The third-order valence-electron chi connectivity index (χ3n) is 4.38. The summed E-state index contributed by atoms with van der Waals surface area (Å²) in [6.07, 6.45) is 6.27. The van der Waals surface area contributed by atoms with Crippen molar-refractivity contribution >= 4 is 18.2 Å². The minimum Gasteiger partial charge on any atom is -0.342 e. The maximum Gasteiger partial charge on any atom is 0.312 e. The van der Waals surface area contributed by atoms with Crippen molar-refractivity contribution in [1.29, 1.82) is 0 Å². The van der Waals surface area contributed by atoms with Gasteiger partial charge >= 0.3 is 11.8 Å². The summed E-state index contributed by atoms with van der Waals surface area (Å²) >= 11 is 0. The highest BCUT2D eigenvalue weighted by molar-refractivity contribution is 6.34. The Morgan fingerprint density at radius 2 is 1.65 bits per heavy atom. The van der Waals surface area contributed by atoms with Crippen molar-refractivity contribution in [2.45, 2.75) is 38.1 Å². The average Bonchev–Trinajstić information content (AvgIpc) is 2.53. The molecule has 0 aromatic rings. The van der Waals surface area contributed by atoms with Gasteiger partial charge in [-0.1, -0.05) is 19.3 Å². The van der Waals surface area contributed by atoms with Gasteiger partial charge in [0.15, 0.2) is 0 Å². The second-order valence-corrected chi connectivity index (χ2v) is 5.64. The van der Waals surface area contributed by atoms with Crippen LogP contribution in [0.4, 0.5) is 0 Å². The topological polar surface area (TPSA) is 60.9 Å². The van der Waals surface area contributed by atoms with Gasteiger partial charge in [-0.2, -0.15) is 0 Å². The molecule has 1 heterocycles. The van der Waals surface area contributed by atoms with Gasteiger partial charge in [0.25, 0.3) is 0 Å². The van der Waals surface area contributed by atoms with Crippen LogP contribution in [0, 0.1) is 0 Å². The number of nitrogens with zero attached hydrogens (tertiary/aromatic N) is 3. The Balaban J connectivity index is 1.88. The number of amides is 3. The Morgan fingerprint density at radius 3 is 2.20 bits per heavy atom. The van der Waals surface area contributed by atoms with Gasteiger partial charge in [-0.25, -0.2) is 0 Å². The standard InChI is InChI=1S/C14H23N3O3/c1-15(12-5-3-2-4-6-12)13(19)14(20)17-9-7-16(11-18)8-10-17/h11-12H,2-10H2,1H3. The number of rotatable bonds is 2. The first-order valence-corrected chi connectivity index (χ1v) is 7.39. The summed E-state index contributed by atoms with van der Waals surface area (Å²) in [6, 6.07) is 0.205. The molecule has 6 nitrogen and oxygen atoms in total.